The highest BCUT2D eigenvalue weighted by Crippen LogP contribution is 2.57. The molecule has 8 heteroatoms. The monoisotopic (exact) mass is 472 g/mol. The van der Waals surface area contributed by atoms with Crippen LogP contribution in [0.1, 0.15) is 37.7 Å². The van der Waals surface area contributed by atoms with E-state index < -0.39 is 10.8 Å². The second-order valence-electron chi connectivity index (χ2n) is 10.6. The molecule has 2 heterocycles. The van der Waals surface area contributed by atoms with E-state index in [-0.39, 0.29) is 29.6 Å². The fourth-order valence-corrected chi connectivity index (χ4v) is 7.28. The molecule has 1 aromatic rings. The molecule has 0 bridgehead atoms. The van der Waals surface area contributed by atoms with E-state index in [1.54, 1.807) is 9.80 Å². The molecule has 7 nitrogen and oxygen atoms in total. The Labute approximate surface area is 199 Å². The molecule has 5 rings (SSSR count). The number of rotatable bonds is 6. The van der Waals surface area contributed by atoms with Gasteiger partial charge in [-0.05, 0) is 51.3 Å². The standard InChI is InChI=1S/C25H36N4O3S/c1-26(2)25(21-9-4-3-5-10-21)17-24(18-25)19-28(23(31)29(24)15-20-7-6-8-20)16-22(30)27-11-13-33(32)14-12-27/h3-5,9-10,20H,6-8,11-19H2,1-2H3. The summed E-state index contributed by atoms with van der Waals surface area (Å²) in [6, 6.07) is 10.6. The zero-order chi connectivity index (χ0) is 23.2. The first-order valence-corrected chi connectivity index (χ1v) is 13.7. The molecule has 4 aliphatic rings. The molecule has 4 fully saturated rings. The lowest BCUT2D eigenvalue weighted by atomic mass is 9.58. The number of hydrogen-bond acceptors (Lipinski definition) is 4. The van der Waals surface area contributed by atoms with Gasteiger partial charge in [-0.25, -0.2) is 4.79 Å². The molecule has 0 radical (unpaired) electrons. The van der Waals surface area contributed by atoms with Crippen molar-refractivity contribution < 1.29 is 13.8 Å². The molecule has 2 aliphatic carbocycles. The molecule has 2 saturated carbocycles. The van der Waals surface area contributed by atoms with Crippen LogP contribution in [0.25, 0.3) is 0 Å². The normalized spacial score (nSPS) is 30.8. The average Bonchev–Trinajstić information content (AvgIpc) is 3.01. The number of carbonyl (C=O) groups excluding carboxylic acids is 2. The number of urea groups is 1. The van der Waals surface area contributed by atoms with Gasteiger partial charge in [-0.3, -0.25) is 13.9 Å². The predicted molar refractivity (Wildman–Crippen MR) is 129 cm³/mol. The third-order valence-electron chi connectivity index (χ3n) is 8.49. The fraction of sp³-hybridized carbons (Fsp3) is 0.680. The summed E-state index contributed by atoms with van der Waals surface area (Å²) in [5, 5.41) is 0. The van der Waals surface area contributed by atoms with E-state index in [2.05, 4.69) is 48.2 Å². The van der Waals surface area contributed by atoms with Crippen LogP contribution >= 0.6 is 0 Å². The lowest BCUT2D eigenvalue weighted by Gasteiger charge is -2.61. The van der Waals surface area contributed by atoms with Crippen LogP contribution in [0, 0.1) is 5.92 Å². The molecule has 1 spiro atoms. The summed E-state index contributed by atoms with van der Waals surface area (Å²) in [6.45, 7) is 2.62. The molecule has 1 aromatic carbocycles. The van der Waals surface area contributed by atoms with Gasteiger partial charge in [0.25, 0.3) is 0 Å². The summed E-state index contributed by atoms with van der Waals surface area (Å²) < 4.78 is 11.7. The largest absolute Gasteiger partial charge is 0.339 e. The lowest BCUT2D eigenvalue weighted by Crippen LogP contribution is -2.68. The van der Waals surface area contributed by atoms with Crippen LogP contribution in [0.5, 0.6) is 0 Å². The Bertz CT molecular complexity index is 917. The molecule has 180 valence electrons. The van der Waals surface area contributed by atoms with Gasteiger partial charge >= 0.3 is 6.03 Å². The molecule has 2 saturated heterocycles. The Hall–Kier alpha value is -1.93. The van der Waals surface area contributed by atoms with E-state index >= 15 is 0 Å². The van der Waals surface area contributed by atoms with Gasteiger partial charge in [0.1, 0.15) is 6.54 Å². The maximum atomic E-state index is 13.6. The Morgan fingerprint density at radius 1 is 1.12 bits per heavy atom. The third-order valence-corrected chi connectivity index (χ3v) is 9.77. The molecule has 0 aromatic heterocycles. The fourth-order valence-electron chi connectivity index (χ4n) is 6.23. The van der Waals surface area contributed by atoms with Gasteiger partial charge in [0.2, 0.25) is 5.91 Å². The first kappa shape index (κ1) is 22.8. The second kappa shape index (κ2) is 8.69. The Morgan fingerprint density at radius 2 is 1.79 bits per heavy atom. The van der Waals surface area contributed by atoms with Crippen LogP contribution < -0.4 is 0 Å². The first-order valence-electron chi connectivity index (χ1n) is 12.3. The van der Waals surface area contributed by atoms with Crippen LogP contribution in [0.2, 0.25) is 0 Å². The average molecular weight is 473 g/mol. The molecule has 2 aliphatic heterocycles. The van der Waals surface area contributed by atoms with Gasteiger partial charge in [-0.2, -0.15) is 0 Å². The van der Waals surface area contributed by atoms with E-state index in [1.807, 2.05) is 6.07 Å². The maximum absolute atomic E-state index is 13.6. The Kier molecular flexibility index (Phi) is 6.02. The highest BCUT2D eigenvalue weighted by molar-refractivity contribution is 7.85. The molecule has 33 heavy (non-hydrogen) atoms. The van der Waals surface area contributed by atoms with Crippen molar-refractivity contribution in [1.82, 2.24) is 19.6 Å². The molecule has 0 unspecified atom stereocenters. The van der Waals surface area contributed by atoms with Crippen molar-refractivity contribution in [2.45, 2.75) is 43.2 Å². The van der Waals surface area contributed by atoms with Gasteiger partial charge in [0.15, 0.2) is 0 Å². The van der Waals surface area contributed by atoms with Gasteiger partial charge in [0, 0.05) is 48.5 Å². The quantitative estimate of drug-likeness (QED) is 0.636. The van der Waals surface area contributed by atoms with Crippen LogP contribution in [0.4, 0.5) is 4.79 Å². The highest BCUT2D eigenvalue weighted by atomic mass is 32.2. The smallest absolute Gasteiger partial charge is 0.321 e. The minimum absolute atomic E-state index is 0.0121. The topological polar surface area (TPSA) is 64.2 Å². The van der Waals surface area contributed by atoms with E-state index in [0.29, 0.717) is 37.1 Å². The summed E-state index contributed by atoms with van der Waals surface area (Å²) in [5.41, 5.74) is 1.000. The van der Waals surface area contributed by atoms with Crippen LogP contribution in [-0.2, 0) is 21.1 Å². The van der Waals surface area contributed by atoms with Crippen molar-refractivity contribution >= 4 is 22.7 Å². The number of nitrogens with zero attached hydrogens (tertiary/aromatic N) is 4. The van der Waals surface area contributed by atoms with E-state index in [9.17, 15) is 13.8 Å². The van der Waals surface area contributed by atoms with Crippen molar-refractivity contribution in [2.24, 2.45) is 5.92 Å². The predicted octanol–water partition coefficient (Wildman–Crippen LogP) is 2.10. The summed E-state index contributed by atoms with van der Waals surface area (Å²) in [5.74, 6) is 1.66. The lowest BCUT2D eigenvalue weighted by molar-refractivity contribution is -0.131. The SMILES string of the molecule is CN(C)C1(c2ccccc2)CC2(CN(CC(=O)N3CCS(=O)CC3)C(=O)N2CC2CCC2)C1. The highest BCUT2D eigenvalue weighted by Gasteiger charge is 2.64. The van der Waals surface area contributed by atoms with Crippen molar-refractivity contribution in [2.75, 3.05) is 58.3 Å². The van der Waals surface area contributed by atoms with Gasteiger partial charge in [-0.1, -0.05) is 36.8 Å². The molecule has 0 N–H and O–H groups in total. The first-order chi connectivity index (χ1) is 15.8. The number of hydrogen-bond donors (Lipinski definition) is 0. The van der Waals surface area contributed by atoms with E-state index in [4.69, 9.17) is 0 Å². The third kappa shape index (κ3) is 3.99. The van der Waals surface area contributed by atoms with Crippen molar-refractivity contribution in [1.29, 1.82) is 0 Å². The summed E-state index contributed by atoms with van der Waals surface area (Å²) in [7, 11) is 3.45. The second-order valence-corrected chi connectivity index (χ2v) is 12.3. The Balaban J connectivity index is 1.35. The van der Waals surface area contributed by atoms with Crippen LogP contribution in [-0.4, -0.2) is 99.6 Å². The van der Waals surface area contributed by atoms with Gasteiger partial charge in [0.05, 0.1) is 11.1 Å². The number of amides is 3. The minimum atomic E-state index is -0.819. The van der Waals surface area contributed by atoms with Gasteiger partial charge in [-0.15, -0.1) is 0 Å². The van der Waals surface area contributed by atoms with E-state index in [0.717, 1.165) is 19.4 Å². The van der Waals surface area contributed by atoms with Crippen molar-refractivity contribution in [3.8, 4) is 0 Å². The molecule has 3 amide bonds. The van der Waals surface area contributed by atoms with Crippen molar-refractivity contribution in [3.63, 3.8) is 0 Å². The molecular formula is C25H36N4O3S. The summed E-state index contributed by atoms with van der Waals surface area (Å²) in [6.07, 6.45) is 5.43. The summed E-state index contributed by atoms with van der Waals surface area (Å²) >= 11 is 0. The number of carbonyl (C=O) groups is 2. The van der Waals surface area contributed by atoms with Crippen LogP contribution in [0.15, 0.2) is 30.3 Å². The summed E-state index contributed by atoms with van der Waals surface area (Å²) in [4.78, 5) is 34.6. The van der Waals surface area contributed by atoms with E-state index in [1.165, 1.54) is 24.8 Å². The van der Waals surface area contributed by atoms with Gasteiger partial charge < -0.3 is 14.7 Å². The Morgan fingerprint density at radius 3 is 2.36 bits per heavy atom. The zero-order valence-corrected chi connectivity index (χ0v) is 20.7. The molecule has 0 atom stereocenters. The zero-order valence-electron chi connectivity index (χ0n) is 19.9. The minimum Gasteiger partial charge on any atom is -0.339 e. The maximum Gasteiger partial charge on any atom is 0.321 e. The van der Waals surface area contributed by atoms with Crippen LogP contribution in [0.3, 0.4) is 0 Å². The number of benzene rings is 1. The molecular weight excluding hydrogens is 436 g/mol. The van der Waals surface area contributed by atoms with Crippen molar-refractivity contribution in [3.05, 3.63) is 35.9 Å².